The Balaban J connectivity index is 1.39. The average Bonchev–Trinajstić information content (AvgIpc) is 3.61. The maximum Gasteiger partial charge on any atom is 0.229 e. The van der Waals surface area contributed by atoms with E-state index < -0.39 is 33.6 Å². The Morgan fingerprint density at radius 1 is 1.09 bits per heavy atom. The summed E-state index contributed by atoms with van der Waals surface area (Å²) in [7, 11) is -3.74. The summed E-state index contributed by atoms with van der Waals surface area (Å²) in [4.78, 5) is 15.2. The van der Waals surface area contributed by atoms with Gasteiger partial charge in [-0.3, -0.25) is 4.79 Å². The number of sulfonamides is 1. The molecule has 0 aromatic heterocycles. The maximum absolute atomic E-state index is 15.7. The number of hydrogen-bond acceptors (Lipinski definition) is 3. The van der Waals surface area contributed by atoms with Crippen LogP contribution in [0.25, 0.3) is 11.1 Å². The molecule has 5 fully saturated rings. The fourth-order valence-electron chi connectivity index (χ4n) is 6.01. The van der Waals surface area contributed by atoms with Crippen LogP contribution < -0.4 is 4.72 Å². The van der Waals surface area contributed by atoms with Crippen LogP contribution in [0.3, 0.4) is 0 Å². The third-order valence-electron chi connectivity index (χ3n) is 8.12. The number of benzene rings is 2. The van der Waals surface area contributed by atoms with Gasteiger partial charge < -0.3 is 4.90 Å². The molecule has 2 aromatic carbocycles. The van der Waals surface area contributed by atoms with Crippen molar-refractivity contribution in [2.45, 2.75) is 55.9 Å². The van der Waals surface area contributed by atoms with Gasteiger partial charge in [0.25, 0.3) is 0 Å². The molecule has 2 saturated heterocycles. The number of carbonyl (C=O) groups excluding carboxylic acids is 1. The molecule has 7 rings (SSSR count). The number of halogens is 2. The van der Waals surface area contributed by atoms with Crippen LogP contribution in [-0.2, 0) is 21.2 Å². The summed E-state index contributed by atoms with van der Waals surface area (Å²) in [6.07, 6.45) is 2.99. The van der Waals surface area contributed by atoms with E-state index in [2.05, 4.69) is 4.72 Å². The highest BCUT2D eigenvalue weighted by atomic mass is 32.2. The van der Waals surface area contributed by atoms with Crippen molar-refractivity contribution < 1.29 is 22.0 Å². The summed E-state index contributed by atoms with van der Waals surface area (Å²) in [6.45, 7) is 0. The quantitative estimate of drug-likeness (QED) is 0.701. The van der Waals surface area contributed by atoms with E-state index in [1.54, 1.807) is 23.1 Å². The summed E-state index contributed by atoms with van der Waals surface area (Å²) < 4.78 is 58.1. The molecule has 0 unspecified atom stereocenters. The van der Waals surface area contributed by atoms with Crippen molar-refractivity contribution in [2.24, 2.45) is 11.3 Å². The Hall–Kier alpha value is -2.32. The molecule has 174 valence electrons. The van der Waals surface area contributed by atoms with Gasteiger partial charge in [-0.25, -0.2) is 21.9 Å². The van der Waals surface area contributed by atoms with Gasteiger partial charge in [0.2, 0.25) is 15.9 Å². The lowest BCUT2D eigenvalue weighted by Gasteiger charge is -2.61. The van der Waals surface area contributed by atoms with Crippen molar-refractivity contribution in [1.82, 2.24) is 9.62 Å². The van der Waals surface area contributed by atoms with E-state index in [1.807, 2.05) is 30.3 Å². The van der Waals surface area contributed by atoms with Crippen LogP contribution in [0.4, 0.5) is 8.78 Å². The number of hydrogen-bond donors (Lipinski definition) is 1. The van der Waals surface area contributed by atoms with Gasteiger partial charge in [-0.15, -0.1) is 0 Å². The monoisotopic (exact) mass is 472 g/mol. The van der Waals surface area contributed by atoms with E-state index in [0.29, 0.717) is 17.0 Å². The molecule has 2 bridgehead atoms. The molecule has 0 spiro atoms. The lowest BCUT2D eigenvalue weighted by molar-refractivity contribution is -0.170. The molecule has 2 aliphatic heterocycles. The van der Waals surface area contributed by atoms with Crippen LogP contribution in [0.2, 0.25) is 0 Å². The van der Waals surface area contributed by atoms with Crippen LogP contribution >= 0.6 is 0 Å². The zero-order chi connectivity index (χ0) is 23.2. The number of alkyl halides is 1. The van der Waals surface area contributed by atoms with Crippen LogP contribution in [0.1, 0.15) is 31.2 Å². The minimum atomic E-state index is -3.74. The van der Waals surface area contributed by atoms with Crippen LogP contribution in [0, 0.1) is 17.2 Å². The smallest absolute Gasteiger partial charge is 0.229 e. The van der Waals surface area contributed by atoms with Crippen molar-refractivity contribution in [1.29, 1.82) is 0 Å². The first-order valence-electron chi connectivity index (χ1n) is 11.4. The van der Waals surface area contributed by atoms with Gasteiger partial charge in [0.1, 0.15) is 11.5 Å². The second-order valence-corrected chi connectivity index (χ2v) is 12.1. The predicted octanol–water partition coefficient (Wildman–Crippen LogP) is 3.44. The molecule has 2 heterocycles. The number of rotatable bonds is 6. The highest BCUT2D eigenvalue weighted by molar-refractivity contribution is 7.88. The normalized spacial score (nSPS) is 36.0. The summed E-state index contributed by atoms with van der Waals surface area (Å²) in [5.74, 6) is -0.0262. The van der Waals surface area contributed by atoms with Crippen molar-refractivity contribution in [3.63, 3.8) is 0 Å². The standard InChI is InChI=1S/C25H26F2N2O3S/c1-33(31,32)28-22-20(10-16-8-5-9-19(21(16)26)15-6-3-2-4-7-15)29(18-13-25(22,27)14-18)23(30)24-11-17(24)12-24/h2-9,17-18,20,22,28H,10-14H2,1H3/t17?,18?,20-,22+,24?,25?/m0/s1. The number of piperidine rings is 2. The number of fused-ring (bicyclic) bond motifs is 3. The zero-order valence-electron chi connectivity index (χ0n) is 18.3. The van der Waals surface area contributed by atoms with Gasteiger partial charge in [-0.1, -0.05) is 48.5 Å². The van der Waals surface area contributed by atoms with E-state index in [0.717, 1.165) is 24.7 Å². The third kappa shape index (κ3) is 3.33. The second-order valence-electron chi connectivity index (χ2n) is 10.4. The van der Waals surface area contributed by atoms with Crippen LogP contribution in [-0.4, -0.2) is 49.3 Å². The van der Waals surface area contributed by atoms with E-state index >= 15 is 8.78 Å². The highest BCUT2D eigenvalue weighted by Gasteiger charge is 2.77. The van der Waals surface area contributed by atoms with E-state index in [-0.39, 0.29) is 36.6 Å². The van der Waals surface area contributed by atoms with Crippen molar-refractivity contribution in [3.05, 3.63) is 59.9 Å². The summed E-state index contributed by atoms with van der Waals surface area (Å²) in [6, 6.07) is 12.1. The highest BCUT2D eigenvalue weighted by Crippen LogP contribution is 2.76. The van der Waals surface area contributed by atoms with E-state index in [1.165, 1.54) is 0 Å². The van der Waals surface area contributed by atoms with Gasteiger partial charge >= 0.3 is 0 Å². The average molecular weight is 473 g/mol. The Morgan fingerprint density at radius 3 is 2.36 bits per heavy atom. The molecule has 5 aliphatic rings. The first-order valence-corrected chi connectivity index (χ1v) is 13.3. The van der Waals surface area contributed by atoms with Crippen LogP contribution in [0.5, 0.6) is 0 Å². The van der Waals surface area contributed by atoms with Gasteiger partial charge in [0.05, 0.1) is 23.8 Å². The van der Waals surface area contributed by atoms with E-state index in [4.69, 9.17) is 0 Å². The van der Waals surface area contributed by atoms with Crippen molar-refractivity contribution in [2.75, 3.05) is 6.26 Å². The number of amides is 1. The third-order valence-corrected chi connectivity index (χ3v) is 8.80. The maximum atomic E-state index is 15.7. The lowest BCUT2D eigenvalue weighted by Crippen LogP contribution is -2.77. The molecule has 2 aromatic rings. The predicted molar refractivity (Wildman–Crippen MR) is 120 cm³/mol. The van der Waals surface area contributed by atoms with Crippen molar-refractivity contribution in [3.8, 4) is 11.1 Å². The largest absolute Gasteiger partial charge is 0.334 e. The first-order chi connectivity index (χ1) is 15.6. The minimum absolute atomic E-state index is 0.0100. The van der Waals surface area contributed by atoms with Gasteiger partial charge in [0, 0.05) is 24.4 Å². The Morgan fingerprint density at radius 2 is 1.76 bits per heavy atom. The molecule has 2 atom stereocenters. The molecule has 3 aliphatic carbocycles. The molecule has 8 heteroatoms. The lowest BCUT2D eigenvalue weighted by atomic mass is 9.64. The summed E-state index contributed by atoms with van der Waals surface area (Å²) >= 11 is 0. The molecular formula is C25H26F2N2O3S. The number of nitrogens with zero attached hydrogens (tertiary/aromatic N) is 1. The van der Waals surface area contributed by atoms with Gasteiger partial charge in [-0.05, 0) is 36.3 Å². The fourth-order valence-corrected chi connectivity index (χ4v) is 6.84. The first kappa shape index (κ1) is 21.2. The Labute approximate surface area is 192 Å². The van der Waals surface area contributed by atoms with Crippen LogP contribution in [0.15, 0.2) is 48.5 Å². The number of carbonyl (C=O) groups is 1. The summed E-state index contributed by atoms with van der Waals surface area (Å²) in [5.41, 5.74) is -0.554. The fraction of sp³-hybridized carbons (Fsp3) is 0.480. The Bertz CT molecular complexity index is 1240. The second kappa shape index (κ2) is 6.85. The van der Waals surface area contributed by atoms with Gasteiger partial charge in [0.15, 0.2) is 0 Å². The summed E-state index contributed by atoms with van der Waals surface area (Å²) in [5, 5.41) is 0. The molecule has 33 heavy (non-hydrogen) atoms. The number of nitrogens with one attached hydrogen (secondary N) is 1. The van der Waals surface area contributed by atoms with Crippen molar-refractivity contribution >= 4 is 15.9 Å². The zero-order valence-corrected chi connectivity index (χ0v) is 19.1. The molecule has 1 N–H and O–H groups in total. The van der Waals surface area contributed by atoms with Gasteiger partial charge in [-0.2, -0.15) is 0 Å². The molecule has 3 saturated carbocycles. The molecule has 5 nitrogen and oxygen atoms in total. The van der Waals surface area contributed by atoms with E-state index in [9.17, 15) is 13.2 Å². The SMILES string of the molecule is CS(=O)(=O)N[C@@H]1[C@H](Cc2cccc(-c3ccccc3)c2F)N(C(=O)C23CC2C3)C2CC1(F)C2. The topological polar surface area (TPSA) is 66.5 Å². The minimum Gasteiger partial charge on any atom is -0.334 e. The Kier molecular flexibility index (Phi) is 4.41. The molecule has 0 radical (unpaired) electrons. The molecule has 1 amide bonds. The molecular weight excluding hydrogens is 446 g/mol.